The molecule has 0 radical (unpaired) electrons. The summed E-state index contributed by atoms with van der Waals surface area (Å²) in [6, 6.07) is 66.4. The molecule has 242 valence electrons. The molecule has 0 spiro atoms. The van der Waals surface area contributed by atoms with Crippen LogP contribution in [0.5, 0.6) is 0 Å². The smallest absolute Gasteiger partial charge is 0.164 e. The van der Waals surface area contributed by atoms with E-state index in [0.717, 1.165) is 43.6 Å². The summed E-state index contributed by atoms with van der Waals surface area (Å²) in [6.45, 7) is 0. The topological polar surface area (TPSA) is 38.7 Å². The van der Waals surface area contributed by atoms with Gasteiger partial charge in [-0.1, -0.05) is 182 Å². The highest BCUT2D eigenvalue weighted by atomic mass is 15.0. The van der Waals surface area contributed by atoms with Gasteiger partial charge < -0.3 is 0 Å². The van der Waals surface area contributed by atoms with Crippen molar-refractivity contribution in [1.29, 1.82) is 0 Å². The number of hydrogen-bond donors (Lipinski definition) is 0. The standard InChI is InChI=1S/C49H31N3/c1-3-17-34(18-4-1)45-39-25-11-12-26-40(39)46(35-19-5-2-6-20-35)44-31-36(29-30-41(44)45)47-50-48(42-27-13-21-32-15-7-9-23-37(32)42)52-49(51-47)43-28-14-22-33-16-8-10-24-38(33)43/h1-31H. The van der Waals surface area contributed by atoms with Gasteiger partial charge in [0.05, 0.1) is 0 Å². The SMILES string of the molecule is c1ccc(-c2c3ccccc3c(-c3ccccc3)c3cc(-c4nc(-c5cccc6ccccc56)nc(-c5cccc6ccccc56)n4)ccc23)cc1. The third-order valence-electron chi connectivity index (χ3n) is 10.1. The first-order chi connectivity index (χ1) is 25.8. The Hall–Kier alpha value is -6.97. The van der Waals surface area contributed by atoms with Crippen molar-refractivity contribution in [2.75, 3.05) is 0 Å². The van der Waals surface area contributed by atoms with Crippen LogP contribution >= 0.6 is 0 Å². The summed E-state index contributed by atoms with van der Waals surface area (Å²) in [6.07, 6.45) is 0. The van der Waals surface area contributed by atoms with Crippen LogP contribution in [-0.2, 0) is 0 Å². The summed E-state index contributed by atoms with van der Waals surface area (Å²) >= 11 is 0. The Kier molecular flexibility index (Phi) is 7.14. The zero-order valence-corrected chi connectivity index (χ0v) is 28.2. The number of rotatable bonds is 5. The average molecular weight is 662 g/mol. The number of hydrogen-bond acceptors (Lipinski definition) is 3. The molecule has 0 amide bonds. The number of benzene rings is 9. The third-order valence-corrected chi connectivity index (χ3v) is 10.1. The lowest BCUT2D eigenvalue weighted by molar-refractivity contribution is 1.08. The molecule has 0 saturated carbocycles. The van der Waals surface area contributed by atoms with Gasteiger partial charge in [-0.2, -0.15) is 0 Å². The molecule has 3 nitrogen and oxygen atoms in total. The fourth-order valence-corrected chi connectivity index (χ4v) is 7.74. The summed E-state index contributed by atoms with van der Waals surface area (Å²) < 4.78 is 0. The maximum absolute atomic E-state index is 5.26. The van der Waals surface area contributed by atoms with Gasteiger partial charge in [0.25, 0.3) is 0 Å². The van der Waals surface area contributed by atoms with Crippen LogP contribution in [0.2, 0.25) is 0 Å². The van der Waals surface area contributed by atoms with Crippen LogP contribution in [0.3, 0.4) is 0 Å². The molecule has 0 N–H and O–H groups in total. The van der Waals surface area contributed by atoms with E-state index in [9.17, 15) is 0 Å². The Labute approximate surface area is 301 Å². The summed E-state index contributed by atoms with van der Waals surface area (Å²) in [4.78, 5) is 15.7. The lowest BCUT2D eigenvalue weighted by Crippen LogP contribution is -2.01. The van der Waals surface area contributed by atoms with Crippen LogP contribution < -0.4 is 0 Å². The second-order valence-electron chi connectivity index (χ2n) is 13.1. The van der Waals surface area contributed by atoms with Gasteiger partial charge in [0.15, 0.2) is 17.5 Å². The van der Waals surface area contributed by atoms with Crippen molar-refractivity contribution in [2.45, 2.75) is 0 Å². The molecule has 1 aromatic heterocycles. The Morgan fingerprint density at radius 3 is 1.19 bits per heavy atom. The summed E-state index contributed by atoms with van der Waals surface area (Å²) in [5.74, 6) is 1.93. The molecular weight excluding hydrogens is 631 g/mol. The fourth-order valence-electron chi connectivity index (χ4n) is 7.74. The van der Waals surface area contributed by atoms with Gasteiger partial charge in [-0.05, 0) is 71.4 Å². The predicted octanol–water partition coefficient (Wildman–Crippen LogP) is 12.8. The fraction of sp³-hybridized carbons (Fsp3) is 0. The Morgan fingerprint density at radius 2 is 0.654 bits per heavy atom. The highest BCUT2D eigenvalue weighted by Gasteiger charge is 2.20. The van der Waals surface area contributed by atoms with Crippen molar-refractivity contribution in [3.63, 3.8) is 0 Å². The second-order valence-corrected chi connectivity index (χ2v) is 13.1. The van der Waals surface area contributed by atoms with E-state index in [0.29, 0.717) is 17.5 Å². The third kappa shape index (κ3) is 5.02. The first-order valence-corrected chi connectivity index (χ1v) is 17.6. The van der Waals surface area contributed by atoms with Gasteiger partial charge in [0, 0.05) is 16.7 Å². The maximum atomic E-state index is 5.26. The van der Waals surface area contributed by atoms with E-state index in [-0.39, 0.29) is 0 Å². The van der Waals surface area contributed by atoms with E-state index >= 15 is 0 Å². The van der Waals surface area contributed by atoms with E-state index in [1.807, 2.05) is 0 Å². The van der Waals surface area contributed by atoms with Gasteiger partial charge in [0.1, 0.15) is 0 Å². The molecule has 0 saturated heterocycles. The molecule has 52 heavy (non-hydrogen) atoms. The first-order valence-electron chi connectivity index (χ1n) is 17.6. The largest absolute Gasteiger partial charge is 0.208 e. The normalized spacial score (nSPS) is 11.5. The van der Waals surface area contributed by atoms with Crippen molar-refractivity contribution in [3.05, 3.63) is 188 Å². The number of aromatic nitrogens is 3. The molecule has 0 aliphatic rings. The van der Waals surface area contributed by atoms with E-state index in [2.05, 4.69) is 188 Å². The minimum Gasteiger partial charge on any atom is -0.208 e. The molecular formula is C49H31N3. The maximum Gasteiger partial charge on any atom is 0.164 e. The van der Waals surface area contributed by atoms with Crippen LogP contribution in [0, 0.1) is 0 Å². The van der Waals surface area contributed by atoms with E-state index < -0.39 is 0 Å². The van der Waals surface area contributed by atoms with Gasteiger partial charge in [0.2, 0.25) is 0 Å². The number of fused-ring (bicyclic) bond motifs is 4. The van der Waals surface area contributed by atoms with Crippen molar-refractivity contribution < 1.29 is 0 Å². The van der Waals surface area contributed by atoms with E-state index in [1.54, 1.807) is 0 Å². The predicted molar refractivity (Wildman–Crippen MR) is 217 cm³/mol. The lowest BCUT2D eigenvalue weighted by atomic mass is 9.85. The van der Waals surface area contributed by atoms with Crippen LogP contribution in [0.15, 0.2) is 188 Å². The van der Waals surface area contributed by atoms with Crippen molar-refractivity contribution >= 4 is 43.1 Å². The monoisotopic (exact) mass is 661 g/mol. The molecule has 10 rings (SSSR count). The zero-order chi connectivity index (χ0) is 34.4. The van der Waals surface area contributed by atoms with E-state index in [4.69, 9.17) is 15.0 Å². The Bertz CT molecular complexity index is 2840. The molecule has 0 aliphatic heterocycles. The van der Waals surface area contributed by atoms with Crippen LogP contribution in [0.25, 0.3) is 99.5 Å². The van der Waals surface area contributed by atoms with Gasteiger partial charge in [-0.15, -0.1) is 0 Å². The van der Waals surface area contributed by atoms with Crippen molar-refractivity contribution in [3.8, 4) is 56.4 Å². The Morgan fingerprint density at radius 1 is 0.250 bits per heavy atom. The van der Waals surface area contributed by atoms with Crippen molar-refractivity contribution in [1.82, 2.24) is 15.0 Å². The highest BCUT2D eigenvalue weighted by molar-refractivity contribution is 6.22. The van der Waals surface area contributed by atoms with Gasteiger partial charge in [-0.25, -0.2) is 15.0 Å². The average Bonchev–Trinajstić information content (AvgIpc) is 3.22. The molecule has 10 aromatic rings. The summed E-state index contributed by atoms with van der Waals surface area (Å²) in [5, 5.41) is 9.28. The molecule has 3 heteroatoms. The minimum atomic E-state index is 0.635. The molecule has 9 aromatic carbocycles. The summed E-state index contributed by atoms with van der Waals surface area (Å²) in [7, 11) is 0. The van der Waals surface area contributed by atoms with Crippen LogP contribution in [0.4, 0.5) is 0 Å². The summed E-state index contributed by atoms with van der Waals surface area (Å²) in [5.41, 5.74) is 7.67. The lowest BCUT2D eigenvalue weighted by Gasteiger charge is -2.18. The molecule has 0 unspecified atom stereocenters. The van der Waals surface area contributed by atoms with Gasteiger partial charge in [-0.3, -0.25) is 0 Å². The van der Waals surface area contributed by atoms with E-state index in [1.165, 1.54) is 38.4 Å². The zero-order valence-electron chi connectivity index (χ0n) is 28.2. The van der Waals surface area contributed by atoms with Crippen LogP contribution in [0.1, 0.15) is 0 Å². The molecule has 1 heterocycles. The van der Waals surface area contributed by atoms with Crippen molar-refractivity contribution in [2.24, 2.45) is 0 Å². The second kappa shape index (κ2) is 12.4. The highest BCUT2D eigenvalue weighted by Crippen LogP contribution is 2.45. The molecule has 0 fully saturated rings. The number of nitrogens with zero attached hydrogens (tertiary/aromatic N) is 3. The molecule has 0 bridgehead atoms. The molecule has 0 atom stereocenters. The minimum absolute atomic E-state index is 0.635. The first kappa shape index (κ1) is 29.9. The Balaban J connectivity index is 1.29. The molecule has 0 aliphatic carbocycles. The van der Waals surface area contributed by atoms with Gasteiger partial charge >= 0.3 is 0 Å². The quantitative estimate of drug-likeness (QED) is 0.172. The van der Waals surface area contributed by atoms with Crippen LogP contribution in [-0.4, -0.2) is 15.0 Å².